The molecule has 0 aromatic heterocycles. The molecule has 7 nitrogen and oxygen atoms in total. The lowest BCUT2D eigenvalue weighted by molar-refractivity contribution is -0.384. The number of non-ortho nitro benzene ring substituents is 1. The van der Waals surface area contributed by atoms with Crippen LogP contribution >= 0.6 is 11.6 Å². The molecule has 1 aliphatic rings. The van der Waals surface area contributed by atoms with Gasteiger partial charge in [-0.2, -0.15) is 0 Å². The van der Waals surface area contributed by atoms with Crippen molar-refractivity contribution < 1.29 is 18.1 Å². The van der Waals surface area contributed by atoms with Crippen molar-refractivity contribution in [1.82, 2.24) is 5.32 Å². The van der Waals surface area contributed by atoms with E-state index in [9.17, 15) is 23.3 Å². The van der Waals surface area contributed by atoms with E-state index in [2.05, 4.69) is 5.32 Å². The summed E-state index contributed by atoms with van der Waals surface area (Å²) in [6.45, 7) is 0. The summed E-state index contributed by atoms with van der Waals surface area (Å²) in [5.41, 5.74) is -0.123. The number of benzene rings is 1. The van der Waals surface area contributed by atoms with Crippen molar-refractivity contribution in [3.8, 4) is 0 Å². The first-order valence-corrected chi connectivity index (χ1v) is 8.44. The Morgan fingerprint density at radius 1 is 1.43 bits per heavy atom. The standard InChI is InChI=1S/C12H13ClN2O5S/c13-11-6-9(15(17)18)3-4-10(11)12(16)14-8-2-1-5-21(19,20)7-8/h3-4,6,8H,1-2,5,7H2,(H,14,16). The predicted octanol–water partition coefficient (Wildman–Crippen LogP) is 1.56. The van der Waals surface area contributed by atoms with Gasteiger partial charge in [0.1, 0.15) is 0 Å². The van der Waals surface area contributed by atoms with Gasteiger partial charge in [-0.25, -0.2) is 8.42 Å². The first kappa shape index (κ1) is 15.7. The molecule has 114 valence electrons. The van der Waals surface area contributed by atoms with Gasteiger partial charge in [-0.3, -0.25) is 14.9 Å². The number of amides is 1. The summed E-state index contributed by atoms with van der Waals surface area (Å²) in [7, 11) is -3.12. The maximum absolute atomic E-state index is 12.1. The largest absolute Gasteiger partial charge is 0.348 e. The van der Waals surface area contributed by atoms with Gasteiger partial charge < -0.3 is 5.32 Å². The molecule has 1 saturated heterocycles. The van der Waals surface area contributed by atoms with Gasteiger partial charge >= 0.3 is 0 Å². The number of hydrogen-bond donors (Lipinski definition) is 1. The summed E-state index contributed by atoms with van der Waals surface area (Å²) in [6.07, 6.45) is 1.08. The van der Waals surface area contributed by atoms with Crippen molar-refractivity contribution in [3.63, 3.8) is 0 Å². The molecule has 9 heteroatoms. The van der Waals surface area contributed by atoms with Crippen molar-refractivity contribution in [3.05, 3.63) is 38.9 Å². The second kappa shape index (κ2) is 5.98. The van der Waals surface area contributed by atoms with Gasteiger partial charge in [-0.1, -0.05) is 11.6 Å². The number of rotatable bonds is 3. The third-order valence-corrected chi connectivity index (χ3v) is 5.34. The Balaban J connectivity index is 2.12. The number of hydrogen-bond acceptors (Lipinski definition) is 5. The van der Waals surface area contributed by atoms with E-state index in [1.807, 2.05) is 0 Å². The molecule has 1 aromatic rings. The van der Waals surface area contributed by atoms with E-state index in [0.29, 0.717) is 12.8 Å². The Bertz CT molecular complexity index is 689. The van der Waals surface area contributed by atoms with E-state index in [-0.39, 0.29) is 27.8 Å². The summed E-state index contributed by atoms with van der Waals surface area (Å²) in [6, 6.07) is 3.07. The van der Waals surface area contributed by atoms with Crippen LogP contribution in [0.4, 0.5) is 5.69 Å². The Morgan fingerprint density at radius 3 is 2.71 bits per heavy atom. The van der Waals surface area contributed by atoms with Crippen LogP contribution in [0.1, 0.15) is 23.2 Å². The summed E-state index contributed by atoms with van der Waals surface area (Å²) in [5.74, 6) is -0.488. The zero-order chi connectivity index (χ0) is 15.6. The van der Waals surface area contributed by atoms with E-state index in [1.54, 1.807) is 0 Å². The SMILES string of the molecule is O=C(NC1CCCS(=O)(=O)C1)c1ccc([N+](=O)[O-])cc1Cl. The quantitative estimate of drug-likeness (QED) is 0.667. The Hall–Kier alpha value is -1.67. The molecule has 1 unspecified atom stereocenters. The average Bonchev–Trinajstić information content (AvgIpc) is 2.36. The lowest BCUT2D eigenvalue weighted by Gasteiger charge is -2.23. The fraction of sp³-hybridized carbons (Fsp3) is 0.417. The third-order valence-electron chi connectivity index (χ3n) is 3.21. The molecular formula is C12H13ClN2O5S. The van der Waals surface area contributed by atoms with Gasteiger partial charge in [-0.15, -0.1) is 0 Å². The molecule has 1 aromatic carbocycles. The highest BCUT2D eigenvalue weighted by Gasteiger charge is 2.26. The molecule has 0 spiro atoms. The molecule has 1 amide bonds. The molecule has 1 aliphatic heterocycles. The van der Waals surface area contributed by atoms with Crippen LogP contribution in [0.2, 0.25) is 5.02 Å². The molecule has 21 heavy (non-hydrogen) atoms. The van der Waals surface area contributed by atoms with Crippen LogP contribution in [0.15, 0.2) is 18.2 Å². The highest BCUT2D eigenvalue weighted by Crippen LogP contribution is 2.23. The molecule has 1 heterocycles. The number of nitro groups is 1. The van der Waals surface area contributed by atoms with Gasteiger partial charge in [0.05, 0.1) is 27.0 Å². The number of sulfone groups is 1. The lowest BCUT2D eigenvalue weighted by Crippen LogP contribution is -2.43. The van der Waals surface area contributed by atoms with E-state index in [1.165, 1.54) is 12.1 Å². The van der Waals surface area contributed by atoms with Gasteiger partial charge in [0.2, 0.25) is 0 Å². The molecule has 0 radical (unpaired) electrons. The maximum Gasteiger partial charge on any atom is 0.270 e. The van der Waals surface area contributed by atoms with Gasteiger partial charge in [-0.05, 0) is 18.9 Å². The average molecular weight is 333 g/mol. The fourth-order valence-corrected chi connectivity index (χ4v) is 4.10. The normalized spacial score (nSPS) is 20.7. The van der Waals surface area contributed by atoms with E-state index < -0.39 is 26.7 Å². The highest BCUT2D eigenvalue weighted by molar-refractivity contribution is 7.91. The minimum atomic E-state index is -3.12. The fourth-order valence-electron chi connectivity index (χ4n) is 2.20. The first-order valence-electron chi connectivity index (χ1n) is 6.24. The number of nitrogens with zero attached hydrogens (tertiary/aromatic N) is 1. The number of nitro benzene ring substituents is 1. The third kappa shape index (κ3) is 3.92. The van der Waals surface area contributed by atoms with E-state index >= 15 is 0 Å². The van der Waals surface area contributed by atoms with Crippen molar-refractivity contribution in [2.75, 3.05) is 11.5 Å². The number of nitrogens with one attached hydrogen (secondary N) is 1. The van der Waals surface area contributed by atoms with Crippen LogP contribution in [0.25, 0.3) is 0 Å². The zero-order valence-electron chi connectivity index (χ0n) is 10.9. The van der Waals surface area contributed by atoms with Crippen molar-refractivity contribution in [1.29, 1.82) is 0 Å². The molecule has 2 rings (SSSR count). The molecule has 0 bridgehead atoms. The van der Waals surface area contributed by atoms with E-state index in [4.69, 9.17) is 11.6 Å². The van der Waals surface area contributed by atoms with Crippen LogP contribution in [-0.4, -0.2) is 36.8 Å². The molecule has 1 atom stereocenters. The molecule has 0 aliphatic carbocycles. The zero-order valence-corrected chi connectivity index (χ0v) is 12.5. The lowest BCUT2D eigenvalue weighted by atomic mass is 10.1. The van der Waals surface area contributed by atoms with Gasteiger partial charge in [0.15, 0.2) is 9.84 Å². The Kier molecular flexibility index (Phi) is 4.48. The number of carbonyl (C=O) groups is 1. The maximum atomic E-state index is 12.1. The Morgan fingerprint density at radius 2 is 2.14 bits per heavy atom. The van der Waals surface area contributed by atoms with Crippen LogP contribution in [-0.2, 0) is 9.84 Å². The minimum absolute atomic E-state index is 0.0413. The Labute approximate surface area is 126 Å². The number of halogens is 1. The summed E-state index contributed by atoms with van der Waals surface area (Å²) < 4.78 is 23.0. The van der Waals surface area contributed by atoms with Crippen LogP contribution in [0.3, 0.4) is 0 Å². The first-order chi connectivity index (χ1) is 9.78. The molecule has 0 saturated carbocycles. The second-order valence-corrected chi connectivity index (χ2v) is 7.48. The topological polar surface area (TPSA) is 106 Å². The van der Waals surface area contributed by atoms with Crippen molar-refractivity contribution in [2.45, 2.75) is 18.9 Å². The van der Waals surface area contributed by atoms with Crippen LogP contribution in [0.5, 0.6) is 0 Å². The van der Waals surface area contributed by atoms with Crippen LogP contribution in [0, 0.1) is 10.1 Å². The van der Waals surface area contributed by atoms with Gasteiger partial charge in [0.25, 0.3) is 11.6 Å². The second-order valence-electron chi connectivity index (χ2n) is 4.85. The predicted molar refractivity (Wildman–Crippen MR) is 77.2 cm³/mol. The molecular weight excluding hydrogens is 320 g/mol. The molecule has 1 N–H and O–H groups in total. The highest BCUT2D eigenvalue weighted by atomic mass is 35.5. The van der Waals surface area contributed by atoms with Crippen molar-refractivity contribution in [2.24, 2.45) is 0 Å². The minimum Gasteiger partial charge on any atom is -0.348 e. The van der Waals surface area contributed by atoms with Crippen LogP contribution < -0.4 is 5.32 Å². The smallest absolute Gasteiger partial charge is 0.270 e. The molecule has 1 fully saturated rings. The van der Waals surface area contributed by atoms with E-state index in [0.717, 1.165) is 6.07 Å². The number of carbonyl (C=O) groups excluding carboxylic acids is 1. The monoisotopic (exact) mass is 332 g/mol. The summed E-state index contributed by atoms with van der Waals surface area (Å²) in [4.78, 5) is 22.1. The summed E-state index contributed by atoms with van der Waals surface area (Å²) >= 11 is 5.86. The van der Waals surface area contributed by atoms with Gasteiger partial charge in [0, 0.05) is 18.2 Å². The summed E-state index contributed by atoms with van der Waals surface area (Å²) in [5, 5.41) is 13.2. The van der Waals surface area contributed by atoms with Crippen molar-refractivity contribution >= 4 is 33.0 Å².